The molecule has 234 valence electrons. The molecular formula is C30H42O12. The number of hydrogen-bond donors (Lipinski definition) is 0. The lowest BCUT2D eigenvalue weighted by Gasteiger charge is -2.34. The molecule has 0 aliphatic carbocycles. The first-order chi connectivity index (χ1) is 20.2. The van der Waals surface area contributed by atoms with Crippen molar-refractivity contribution in [3.8, 4) is 0 Å². The lowest BCUT2D eigenvalue weighted by atomic mass is 10.1. The summed E-state index contributed by atoms with van der Waals surface area (Å²) in [5.41, 5.74) is 0. The molecule has 0 aromatic heterocycles. The van der Waals surface area contributed by atoms with Gasteiger partial charge in [-0.25, -0.2) is 9.59 Å². The van der Waals surface area contributed by atoms with E-state index in [1.54, 1.807) is 0 Å². The Morgan fingerprint density at radius 2 is 1.07 bits per heavy atom. The first kappa shape index (κ1) is 36.1. The fourth-order valence-electron chi connectivity index (χ4n) is 3.54. The van der Waals surface area contributed by atoms with E-state index in [9.17, 15) is 24.0 Å². The molecule has 0 saturated carbocycles. The third kappa shape index (κ3) is 17.0. The smallest absolute Gasteiger partial charge is 0.330 e. The van der Waals surface area contributed by atoms with E-state index in [2.05, 4.69) is 26.3 Å². The minimum absolute atomic E-state index is 0.0270. The summed E-state index contributed by atoms with van der Waals surface area (Å²) in [5, 5.41) is 0. The molecule has 12 heteroatoms. The van der Waals surface area contributed by atoms with Crippen molar-refractivity contribution in [3.05, 3.63) is 50.3 Å². The van der Waals surface area contributed by atoms with Crippen LogP contribution >= 0.6 is 0 Å². The van der Waals surface area contributed by atoms with Gasteiger partial charge in [0, 0.05) is 31.4 Å². The topological polar surface area (TPSA) is 150 Å². The first-order valence-corrected chi connectivity index (χ1v) is 13.9. The van der Waals surface area contributed by atoms with Crippen LogP contribution in [0.15, 0.2) is 50.3 Å². The van der Waals surface area contributed by atoms with E-state index >= 15 is 0 Å². The van der Waals surface area contributed by atoms with Crippen LogP contribution in [-0.2, 0) is 57.1 Å². The molecule has 1 aliphatic heterocycles. The molecule has 0 spiro atoms. The number of carbonyl (C=O) groups excluding carboxylic acids is 5. The van der Waals surface area contributed by atoms with Crippen LogP contribution < -0.4 is 0 Å². The van der Waals surface area contributed by atoms with Crippen LogP contribution in [0.5, 0.6) is 0 Å². The van der Waals surface area contributed by atoms with Gasteiger partial charge in [0.1, 0.15) is 11.9 Å². The molecule has 0 aromatic carbocycles. The van der Waals surface area contributed by atoms with E-state index < -0.39 is 48.3 Å². The zero-order valence-electron chi connectivity index (χ0n) is 24.1. The summed E-state index contributed by atoms with van der Waals surface area (Å²) in [6.45, 7) is 14.3. The van der Waals surface area contributed by atoms with Crippen molar-refractivity contribution in [1.29, 1.82) is 0 Å². The lowest BCUT2D eigenvalue weighted by molar-refractivity contribution is -0.230. The highest BCUT2D eigenvalue weighted by Gasteiger charge is 2.38. The van der Waals surface area contributed by atoms with Crippen molar-refractivity contribution in [2.75, 3.05) is 26.4 Å². The van der Waals surface area contributed by atoms with Gasteiger partial charge in [0.2, 0.25) is 6.29 Å². The number of allylic oxidation sites excluding steroid dienone is 1. The number of hydrogen-bond acceptors (Lipinski definition) is 12. The van der Waals surface area contributed by atoms with Gasteiger partial charge < -0.3 is 33.2 Å². The van der Waals surface area contributed by atoms with Gasteiger partial charge in [0.05, 0.1) is 32.8 Å². The molecule has 12 nitrogen and oxygen atoms in total. The van der Waals surface area contributed by atoms with E-state index in [0.29, 0.717) is 50.9 Å². The van der Waals surface area contributed by atoms with Crippen LogP contribution in [0.1, 0.15) is 64.2 Å². The van der Waals surface area contributed by atoms with Crippen LogP contribution in [0.25, 0.3) is 0 Å². The molecule has 0 bridgehead atoms. The van der Waals surface area contributed by atoms with Gasteiger partial charge in [-0.2, -0.15) is 0 Å². The molecule has 0 N–H and O–H groups in total. The summed E-state index contributed by atoms with van der Waals surface area (Å²) >= 11 is 0. The standard InChI is InChI=1S/C30H42O12/c1-5-22(4)36-17-11-8-15-28(34)41-24-21-39-30(42-29(35)16-10-13-19-38-26(32)7-3)20-23(24)40-27(33)14-9-12-18-37-25(31)6-2/h5-7,23-24,30H,1-4,8-21H2/t23-,24+,30?/m0/s1. The summed E-state index contributed by atoms with van der Waals surface area (Å²) < 4.78 is 37.1. The molecule has 1 unspecified atom stereocenters. The number of unbranched alkanes of at least 4 members (excludes halogenated alkanes) is 3. The summed E-state index contributed by atoms with van der Waals surface area (Å²) in [6.07, 6.45) is 3.83. The lowest BCUT2D eigenvalue weighted by Crippen LogP contribution is -2.47. The maximum absolute atomic E-state index is 12.5. The van der Waals surface area contributed by atoms with E-state index in [1.807, 2.05) is 0 Å². The molecule has 1 fully saturated rings. The Morgan fingerprint density at radius 1 is 0.619 bits per heavy atom. The third-order valence-electron chi connectivity index (χ3n) is 5.78. The molecule has 0 amide bonds. The molecule has 0 aromatic rings. The Bertz CT molecular complexity index is 941. The number of ether oxygens (including phenoxy) is 7. The van der Waals surface area contributed by atoms with Crippen molar-refractivity contribution in [2.24, 2.45) is 0 Å². The van der Waals surface area contributed by atoms with Crippen molar-refractivity contribution in [1.82, 2.24) is 0 Å². The van der Waals surface area contributed by atoms with Crippen molar-refractivity contribution in [3.63, 3.8) is 0 Å². The van der Waals surface area contributed by atoms with Crippen molar-refractivity contribution in [2.45, 2.75) is 82.7 Å². The van der Waals surface area contributed by atoms with Crippen molar-refractivity contribution >= 4 is 29.8 Å². The Hall–Kier alpha value is -3.93. The molecule has 1 rings (SSSR count). The fraction of sp³-hybridized carbons (Fsp3) is 0.567. The van der Waals surface area contributed by atoms with Gasteiger partial charge in [0.25, 0.3) is 0 Å². The zero-order chi connectivity index (χ0) is 31.2. The molecule has 0 radical (unpaired) electrons. The van der Waals surface area contributed by atoms with E-state index in [1.165, 1.54) is 6.08 Å². The molecule has 1 heterocycles. The average Bonchev–Trinajstić information content (AvgIpc) is 2.97. The fourth-order valence-corrected chi connectivity index (χ4v) is 3.54. The quantitative estimate of drug-likeness (QED) is 0.0448. The minimum Gasteiger partial charge on any atom is -0.494 e. The molecule has 42 heavy (non-hydrogen) atoms. The maximum Gasteiger partial charge on any atom is 0.330 e. The highest BCUT2D eigenvalue weighted by Crippen LogP contribution is 2.23. The normalized spacial score (nSPS) is 17.6. The summed E-state index contributed by atoms with van der Waals surface area (Å²) in [7, 11) is 0. The first-order valence-electron chi connectivity index (χ1n) is 13.9. The second-order valence-electron chi connectivity index (χ2n) is 9.18. The van der Waals surface area contributed by atoms with Gasteiger partial charge in [-0.05, 0) is 44.6 Å². The largest absolute Gasteiger partial charge is 0.494 e. The van der Waals surface area contributed by atoms with Gasteiger partial charge in [-0.1, -0.05) is 26.3 Å². The Kier molecular flexibility index (Phi) is 18.7. The third-order valence-corrected chi connectivity index (χ3v) is 5.78. The minimum atomic E-state index is -1.00. The van der Waals surface area contributed by atoms with Crippen molar-refractivity contribution < 1.29 is 57.1 Å². The predicted octanol–water partition coefficient (Wildman–Crippen LogP) is 3.79. The van der Waals surface area contributed by atoms with Crippen LogP contribution in [-0.4, -0.2) is 74.8 Å². The highest BCUT2D eigenvalue weighted by atomic mass is 16.7. The monoisotopic (exact) mass is 594 g/mol. The summed E-state index contributed by atoms with van der Waals surface area (Å²) in [5.74, 6) is -2.21. The van der Waals surface area contributed by atoms with Gasteiger partial charge in [-0.15, -0.1) is 0 Å². The van der Waals surface area contributed by atoms with Crippen LogP contribution in [0.4, 0.5) is 0 Å². The second-order valence-corrected chi connectivity index (χ2v) is 9.18. The number of esters is 5. The summed E-state index contributed by atoms with van der Waals surface area (Å²) in [6, 6.07) is 0. The van der Waals surface area contributed by atoms with Gasteiger partial charge >= 0.3 is 29.8 Å². The Labute approximate surface area is 246 Å². The average molecular weight is 595 g/mol. The molecule has 3 atom stereocenters. The zero-order valence-corrected chi connectivity index (χ0v) is 24.1. The predicted molar refractivity (Wildman–Crippen MR) is 149 cm³/mol. The Balaban J connectivity index is 2.58. The summed E-state index contributed by atoms with van der Waals surface area (Å²) in [4.78, 5) is 59.4. The van der Waals surface area contributed by atoms with E-state index in [0.717, 1.165) is 12.2 Å². The number of carbonyl (C=O) groups is 5. The SMILES string of the molecule is C=CC(=C)OCCCCC(=O)O[C@@H]1COC(OC(=O)CCCCOC(=O)C=C)C[C@@H]1OC(=O)CCCCOC(=O)C=C. The van der Waals surface area contributed by atoms with Crippen LogP contribution in [0, 0.1) is 0 Å². The molecule has 1 aliphatic rings. The maximum atomic E-state index is 12.5. The number of rotatable bonds is 22. The van der Waals surface area contributed by atoms with Crippen LogP contribution in [0.3, 0.4) is 0 Å². The second kappa shape index (κ2) is 21.8. The Morgan fingerprint density at radius 3 is 1.55 bits per heavy atom. The molecular weight excluding hydrogens is 552 g/mol. The van der Waals surface area contributed by atoms with Gasteiger partial charge in [0.15, 0.2) is 6.10 Å². The van der Waals surface area contributed by atoms with Gasteiger partial charge in [-0.3, -0.25) is 14.4 Å². The highest BCUT2D eigenvalue weighted by molar-refractivity contribution is 5.81. The van der Waals surface area contributed by atoms with E-state index in [-0.39, 0.29) is 45.5 Å². The van der Waals surface area contributed by atoms with Crippen LogP contribution in [0.2, 0.25) is 0 Å². The molecule has 1 saturated heterocycles. The van der Waals surface area contributed by atoms with E-state index in [4.69, 9.17) is 33.2 Å².